The molecule has 2 heterocycles. The highest BCUT2D eigenvalue weighted by Gasteiger charge is 2.17. The van der Waals surface area contributed by atoms with Crippen molar-refractivity contribution in [2.24, 2.45) is 0 Å². The third kappa shape index (κ3) is 5.57. The molecule has 220 valence electrons. The van der Waals surface area contributed by atoms with E-state index < -0.39 is 0 Å². The van der Waals surface area contributed by atoms with Crippen molar-refractivity contribution in [1.82, 2.24) is 20.4 Å². The van der Waals surface area contributed by atoms with Crippen LogP contribution in [0.25, 0.3) is 61.5 Å². The summed E-state index contributed by atoms with van der Waals surface area (Å²) in [6.45, 7) is 3.88. The molecule has 0 aliphatic carbocycles. The number of aryl methyl sites for hydroxylation is 1. The highest BCUT2D eigenvalue weighted by atomic mass is 16.4. The number of nitrogens with zero attached hydrogens (tertiary/aromatic N) is 4. The first-order chi connectivity index (χ1) is 22.1. The summed E-state index contributed by atoms with van der Waals surface area (Å²) in [6.07, 6.45) is 4.47. The molecule has 0 amide bonds. The minimum absolute atomic E-state index is 0.148. The summed E-state index contributed by atoms with van der Waals surface area (Å²) in [6, 6.07) is 34.6. The number of benzene rings is 5. The molecule has 7 rings (SSSR count). The molecule has 0 radical (unpaired) electrons. The van der Waals surface area contributed by atoms with E-state index in [0.717, 1.165) is 54.9 Å². The standard InChI is InChI=1S/C38H30N4O3/c1-24(30(21-22-43)36-40-42-38(45-36)34-16-8-12-28-10-4-6-14-32(28)34)17-18-26-19-20-29(25(2)23-26)35-39-41-37(44-35)33-15-7-11-27-9-3-5-13-31(27)33/h3-17,19-21,23,43H,18,22H2,1-2H3/b24-17-,30-21+. The van der Waals surface area contributed by atoms with Gasteiger partial charge in [0, 0.05) is 22.3 Å². The Bertz CT molecular complexity index is 2210. The second kappa shape index (κ2) is 12.1. The van der Waals surface area contributed by atoms with E-state index in [9.17, 15) is 5.11 Å². The van der Waals surface area contributed by atoms with Gasteiger partial charge in [0.1, 0.15) is 0 Å². The number of aliphatic hydroxyl groups is 1. The van der Waals surface area contributed by atoms with Crippen LogP contribution in [-0.4, -0.2) is 32.1 Å². The maximum atomic E-state index is 9.79. The summed E-state index contributed by atoms with van der Waals surface area (Å²) in [7, 11) is 0. The summed E-state index contributed by atoms with van der Waals surface area (Å²) in [5.41, 5.74) is 6.47. The van der Waals surface area contributed by atoms with E-state index in [1.807, 2.05) is 74.5 Å². The maximum Gasteiger partial charge on any atom is 0.248 e. The van der Waals surface area contributed by atoms with Gasteiger partial charge in [-0.1, -0.05) is 91.0 Å². The van der Waals surface area contributed by atoms with Gasteiger partial charge in [-0.25, -0.2) is 0 Å². The van der Waals surface area contributed by atoms with Crippen LogP contribution in [0, 0.1) is 6.92 Å². The van der Waals surface area contributed by atoms with Gasteiger partial charge in [0.15, 0.2) is 0 Å². The Morgan fingerprint density at radius 3 is 1.87 bits per heavy atom. The summed E-state index contributed by atoms with van der Waals surface area (Å²) >= 11 is 0. The van der Waals surface area contributed by atoms with Gasteiger partial charge >= 0.3 is 0 Å². The van der Waals surface area contributed by atoms with Gasteiger partial charge in [0.05, 0.1) is 6.61 Å². The Labute approximate surface area is 260 Å². The number of aliphatic hydroxyl groups excluding tert-OH is 1. The van der Waals surface area contributed by atoms with Crippen molar-refractivity contribution in [3.05, 3.63) is 138 Å². The van der Waals surface area contributed by atoms with Crippen molar-refractivity contribution in [3.63, 3.8) is 0 Å². The molecule has 5 aromatic carbocycles. The fourth-order valence-electron chi connectivity index (χ4n) is 5.69. The molecular weight excluding hydrogens is 560 g/mol. The molecule has 0 spiro atoms. The monoisotopic (exact) mass is 590 g/mol. The van der Waals surface area contributed by atoms with Crippen LogP contribution in [0.4, 0.5) is 0 Å². The Morgan fingerprint density at radius 1 is 0.644 bits per heavy atom. The lowest BCUT2D eigenvalue weighted by molar-refractivity contribution is 0.343. The second-order valence-corrected chi connectivity index (χ2v) is 10.9. The normalized spacial score (nSPS) is 12.3. The minimum Gasteiger partial charge on any atom is -0.416 e. The first-order valence-electron chi connectivity index (χ1n) is 14.8. The van der Waals surface area contributed by atoms with Crippen molar-refractivity contribution in [2.45, 2.75) is 20.3 Å². The Hall–Kier alpha value is -5.66. The Balaban J connectivity index is 1.11. The minimum atomic E-state index is -0.148. The molecule has 0 atom stereocenters. The molecule has 7 aromatic rings. The molecular formula is C38H30N4O3. The quantitative estimate of drug-likeness (QED) is 0.177. The average Bonchev–Trinajstić information content (AvgIpc) is 3.76. The van der Waals surface area contributed by atoms with E-state index in [1.54, 1.807) is 6.08 Å². The molecule has 0 fully saturated rings. The molecule has 2 aromatic heterocycles. The number of fused-ring (bicyclic) bond motifs is 2. The van der Waals surface area contributed by atoms with Gasteiger partial charge in [0.2, 0.25) is 23.6 Å². The van der Waals surface area contributed by atoms with Crippen LogP contribution < -0.4 is 0 Å². The van der Waals surface area contributed by atoms with Crippen molar-refractivity contribution < 1.29 is 13.9 Å². The van der Waals surface area contributed by atoms with E-state index in [2.05, 4.69) is 68.9 Å². The Morgan fingerprint density at radius 2 is 1.22 bits per heavy atom. The molecule has 0 saturated heterocycles. The zero-order chi connectivity index (χ0) is 30.8. The van der Waals surface area contributed by atoms with Gasteiger partial charge in [-0.2, -0.15) is 0 Å². The van der Waals surface area contributed by atoms with E-state index in [0.29, 0.717) is 35.6 Å². The molecule has 0 bridgehead atoms. The zero-order valence-electron chi connectivity index (χ0n) is 24.9. The zero-order valence-corrected chi connectivity index (χ0v) is 24.9. The lowest BCUT2D eigenvalue weighted by Crippen LogP contribution is -1.92. The lowest BCUT2D eigenvalue weighted by Gasteiger charge is -2.07. The number of hydrogen-bond acceptors (Lipinski definition) is 7. The summed E-state index contributed by atoms with van der Waals surface area (Å²) in [4.78, 5) is 0. The van der Waals surface area contributed by atoms with Gasteiger partial charge in [-0.05, 0) is 82.8 Å². The smallest absolute Gasteiger partial charge is 0.248 e. The van der Waals surface area contributed by atoms with E-state index in [-0.39, 0.29) is 6.61 Å². The van der Waals surface area contributed by atoms with Crippen molar-refractivity contribution in [1.29, 1.82) is 0 Å². The summed E-state index contributed by atoms with van der Waals surface area (Å²) in [5, 5.41) is 31.5. The average molecular weight is 591 g/mol. The van der Waals surface area contributed by atoms with E-state index in [4.69, 9.17) is 8.83 Å². The van der Waals surface area contributed by atoms with Crippen molar-refractivity contribution >= 4 is 27.1 Å². The predicted molar refractivity (Wildman–Crippen MR) is 177 cm³/mol. The van der Waals surface area contributed by atoms with Gasteiger partial charge in [0.25, 0.3) is 0 Å². The molecule has 0 saturated carbocycles. The van der Waals surface area contributed by atoms with Gasteiger partial charge < -0.3 is 13.9 Å². The van der Waals surface area contributed by atoms with E-state index >= 15 is 0 Å². The van der Waals surface area contributed by atoms with Crippen LogP contribution in [0.15, 0.2) is 130 Å². The topological polar surface area (TPSA) is 98.1 Å². The molecule has 1 N–H and O–H groups in total. The van der Waals surface area contributed by atoms with Crippen molar-refractivity contribution in [3.8, 4) is 34.4 Å². The van der Waals surface area contributed by atoms with Crippen LogP contribution in [-0.2, 0) is 6.42 Å². The maximum absolute atomic E-state index is 9.79. The third-order valence-corrected chi connectivity index (χ3v) is 8.01. The third-order valence-electron chi connectivity index (χ3n) is 8.01. The predicted octanol–water partition coefficient (Wildman–Crippen LogP) is 8.63. The van der Waals surface area contributed by atoms with Crippen LogP contribution in [0.5, 0.6) is 0 Å². The fraction of sp³-hybridized carbons (Fsp3) is 0.105. The van der Waals surface area contributed by atoms with E-state index in [1.165, 1.54) is 0 Å². The second-order valence-electron chi connectivity index (χ2n) is 10.9. The highest BCUT2D eigenvalue weighted by Crippen LogP contribution is 2.33. The van der Waals surface area contributed by atoms with Gasteiger partial charge in [-0.15, -0.1) is 20.4 Å². The van der Waals surface area contributed by atoms with Crippen LogP contribution in [0.2, 0.25) is 0 Å². The molecule has 45 heavy (non-hydrogen) atoms. The Kier molecular flexibility index (Phi) is 7.59. The number of allylic oxidation sites excluding steroid dienone is 3. The SMILES string of the molecule is CC(=C/Cc1ccc(-c2nnc(-c3cccc4ccccc34)o2)c(C)c1)/C(=C\CO)c1nnc(-c2cccc3ccccc23)o1. The molecule has 7 nitrogen and oxygen atoms in total. The fourth-order valence-corrected chi connectivity index (χ4v) is 5.69. The van der Waals surface area contributed by atoms with Crippen LogP contribution >= 0.6 is 0 Å². The number of aromatic nitrogens is 4. The number of hydrogen-bond donors (Lipinski definition) is 1. The van der Waals surface area contributed by atoms with Crippen LogP contribution in [0.3, 0.4) is 0 Å². The van der Waals surface area contributed by atoms with Gasteiger partial charge in [-0.3, -0.25) is 0 Å². The molecule has 0 unspecified atom stereocenters. The number of rotatable bonds is 8. The molecule has 0 aliphatic rings. The first-order valence-corrected chi connectivity index (χ1v) is 14.8. The van der Waals surface area contributed by atoms with Crippen LogP contribution in [0.1, 0.15) is 23.9 Å². The first kappa shape index (κ1) is 28.1. The summed E-state index contributed by atoms with van der Waals surface area (Å²) < 4.78 is 12.3. The highest BCUT2D eigenvalue weighted by molar-refractivity contribution is 5.95. The lowest BCUT2D eigenvalue weighted by atomic mass is 10.0. The largest absolute Gasteiger partial charge is 0.416 e. The molecule has 7 heteroatoms. The van der Waals surface area contributed by atoms with Crippen molar-refractivity contribution in [2.75, 3.05) is 6.61 Å². The summed E-state index contributed by atoms with van der Waals surface area (Å²) in [5.74, 6) is 1.79. The molecule has 0 aliphatic heterocycles.